The van der Waals surface area contributed by atoms with Gasteiger partial charge in [-0.3, -0.25) is 4.67 Å². The summed E-state index contributed by atoms with van der Waals surface area (Å²) >= 11 is 0. The van der Waals surface area contributed by atoms with Crippen molar-refractivity contribution in [3.8, 4) is 0 Å². The minimum absolute atomic E-state index is 0.517. The van der Waals surface area contributed by atoms with Crippen molar-refractivity contribution in [2.45, 2.75) is 87.9 Å². The van der Waals surface area contributed by atoms with Gasteiger partial charge in [-0.15, -0.1) is 0 Å². The molecular formula is C30H42NOP. The summed E-state index contributed by atoms with van der Waals surface area (Å²) in [4.78, 5) is 0. The predicted molar refractivity (Wildman–Crippen MR) is 136 cm³/mol. The zero-order valence-electron chi connectivity index (χ0n) is 20.4. The Balaban J connectivity index is 1.26. The third-order valence-corrected chi connectivity index (χ3v) is 13.0. The lowest BCUT2D eigenvalue weighted by atomic mass is 9.44. The molecule has 8 bridgehead atoms. The average Bonchev–Trinajstić information content (AvgIpc) is 2.78. The molecule has 1 unspecified atom stereocenters. The van der Waals surface area contributed by atoms with Crippen molar-refractivity contribution in [2.24, 2.45) is 35.5 Å². The van der Waals surface area contributed by atoms with Gasteiger partial charge in [-0.1, -0.05) is 18.2 Å². The third kappa shape index (κ3) is 3.29. The number of benzene rings is 1. The Bertz CT molecular complexity index is 863. The lowest BCUT2D eigenvalue weighted by Crippen LogP contribution is -2.53. The van der Waals surface area contributed by atoms with Crippen molar-refractivity contribution < 1.29 is 4.74 Å². The number of hydrogen-bond acceptors (Lipinski definition) is 2. The quantitative estimate of drug-likeness (QED) is 0.495. The molecule has 0 N–H and O–H groups in total. The summed E-state index contributed by atoms with van der Waals surface area (Å²) in [6.45, 7) is 4.10. The van der Waals surface area contributed by atoms with Crippen molar-refractivity contribution in [3.63, 3.8) is 0 Å². The van der Waals surface area contributed by atoms with E-state index in [-0.39, 0.29) is 0 Å². The van der Waals surface area contributed by atoms with E-state index in [1.807, 2.05) is 11.1 Å². The first kappa shape index (κ1) is 20.7. The van der Waals surface area contributed by atoms with E-state index in [0.717, 1.165) is 70.5 Å². The van der Waals surface area contributed by atoms with Crippen LogP contribution in [0.5, 0.6) is 0 Å². The maximum absolute atomic E-state index is 5.72. The van der Waals surface area contributed by atoms with Crippen LogP contribution in [0.3, 0.4) is 0 Å². The zero-order chi connectivity index (χ0) is 21.6. The van der Waals surface area contributed by atoms with Gasteiger partial charge in [0.25, 0.3) is 0 Å². The zero-order valence-corrected chi connectivity index (χ0v) is 21.4. The van der Waals surface area contributed by atoms with Crippen LogP contribution in [0.2, 0.25) is 0 Å². The fourth-order valence-corrected chi connectivity index (χ4v) is 12.8. The summed E-state index contributed by atoms with van der Waals surface area (Å²) in [5.41, 5.74) is 4.88. The van der Waals surface area contributed by atoms with E-state index < -0.39 is 0 Å². The Kier molecular flexibility index (Phi) is 4.73. The number of ether oxygens (including phenoxy) is 1. The van der Waals surface area contributed by atoms with E-state index in [2.05, 4.69) is 22.9 Å². The van der Waals surface area contributed by atoms with Crippen LogP contribution in [0.1, 0.15) is 88.2 Å². The molecule has 9 fully saturated rings. The van der Waals surface area contributed by atoms with Crippen LogP contribution in [0.15, 0.2) is 18.2 Å². The normalized spacial score (nSPS) is 48.4. The summed E-state index contributed by atoms with van der Waals surface area (Å²) in [5, 5.41) is 1.76. The molecule has 0 radical (unpaired) electrons. The van der Waals surface area contributed by atoms with Gasteiger partial charge in [-0.25, -0.2) is 0 Å². The molecule has 1 saturated heterocycles. The lowest BCUT2D eigenvalue weighted by molar-refractivity contribution is -0.0170. The van der Waals surface area contributed by atoms with Gasteiger partial charge < -0.3 is 4.74 Å². The largest absolute Gasteiger partial charge is 0.379 e. The summed E-state index contributed by atoms with van der Waals surface area (Å²) in [6.07, 6.45) is 18.4. The Hall–Kier alpha value is -0.430. The maximum atomic E-state index is 5.72. The van der Waals surface area contributed by atoms with Gasteiger partial charge in [0.05, 0.1) is 13.2 Å². The number of rotatable bonds is 4. The van der Waals surface area contributed by atoms with Crippen LogP contribution < -0.4 is 5.30 Å². The van der Waals surface area contributed by atoms with Gasteiger partial charge in [0, 0.05) is 13.1 Å². The molecule has 1 atom stereocenters. The summed E-state index contributed by atoms with van der Waals surface area (Å²) in [7, 11) is 0.853. The van der Waals surface area contributed by atoms with E-state index in [4.69, 9.17) is 4.74 Å². The van der Waals surface area contributed by atoms with Crippen molar-refractivity contribution in [1.29, 1.82) is 0 Å². The molecule has 3 heteroatoms. The number of nitrogens with zero attached hydrogens (tertiary/aromatic N) is 1. The van der Waals surface area contributed by atoms with Crippen LogP contribution in [0, 0.1) is 35.5 Å². The van der Waals surface area contributed by atoms with Crippen molar-refractivity contribution in [3.05, 3.63) is 29.3 Å². The molecule has 8 aliphatic carbocycles. The van der Waals surface area contributed by atoms with E-state index in [1.54, 1.807) is 43.8 Å². The van der Waals surface area contributed by atoms with Gasteiger partial charge in [0.15, 0.2) is 0 Å². The third-order valence-electron chi connectivity index (χ3n) is 11.5. The molecule has 1 aromatic carbocycles. The molecule has 1 aliphatic heterocycles. The van der Waals surface area contributed by atoms with Crippen molar-refractivity contribution in [1.82, 2.24) is 4.67 Å². The Morgan fingerprint density at radius 2 is 1.15 bits per heavy atom. The molecule has 0 amide bonds. The van der Waals surface area contributed by atoms with E-state index in [0.29, 0.717) is 10.8 Å². The fourth-order valence-electron chi connectivity index (χ4n) is 11.4. The number of morpholine rings is 1. The Morgan fingerprint density at radius 1 is 0.667 bits per heavy atom. The maximum Gasteiger partial charge on any atom is 0.0597 e. The highest BCUT2D eigenvalue weighted by molar-refractivity contribution is 7.44. The molecule has 10 rings (SSSR count). The molecule has 2 nitrogen and oxygen atoms in total. The monoisotopic (exact) mass is 463 g/mol. The summed E-state index contributed by atoms with van der Waals surface area (Å²) in [5.74, 6) is 6.18. The van der Waals surface area contributed by atoms with E-state index in [9.17, 15) is 0 Å². The molecule has 1 aromatic rings. The van der Waals surface area contributed by atoms with Gasteiger partial charge >= 0.3 is 0 Å². The van der Waals surface area contributed by atoms with Gasteiger partial charge in [-0.05, 0) is 149 Å². The SMILES string of the molecule is c1cc(PN2CCOCC2)c(C23CC4CC(CC(C4)C2)C3)c(C23CC4CC(CC(C4)C2)C3)c1. The van der Waals surface area contributed by atoms with E-state index >= 15 is 0 Å². The summed E-state index contributed by atoms with van der Waals surface area (Å²) < 4.78 is 8.45. The van der Waals surface area contributed by atoms with Crippen LogP contribution in [0.4, 0.5) is 0 Å². The lowest BCUT2D eigenvalue weighted by Gasteiger charge is -2.61. The average molecular weight is 464 g/mol. The molecule has 0 aromatic heterocycles. The Labute approximate surface area is 202 Å². The van der Waals surface area contributed by atoms with Crippen LogP contribution in [0.25, 0.3) is 0 Å². The second-order valence-corrected chi connectivity index (χ2v) is 15.2. The molecule has 0 spiro atoms. The first-order valence-electron chi connectivity index (χ1n) is 14.4. The van der Waals surface area contributed by atoms with Crippen molar-refractivity contribution in [2.75, 3.05) is 26.3 Å². The molecule has 33 heavy (non-hydrogen) atoms. The standard InChI is InChI=1S/C30H42NOP/c1-2-26(29-14-20-8-21(15-29)10-22(9-20)16-29)28(27(3-1)33-31-4-6-32-7-5-31)30-17-23-11-24(18-30)13-25(12-23)19-30/h1-3,20-25,33H,4-19H2. The molecule has 1 heterocycles. The first-order chi connectivity index (χ1) is 16.2. The molecule has 9 aliphatic rings. The minimum atomic E-state index is 0.517. The highest BCUT2D eigenvalue weighted by atomic mass is 31.1. The second kappa shape index (κ2) is 7.54. The fraction of sp³-hybridized carbons (Fsp3) is 0.800. The van der Waals surface area contributed by atoms with Crippen LogP contribution >= 0.6 is 8.73 Å². The highest BCUT2D eigenvalue weighted by Crippen LogP contribution is 2.65. The minimum Gasteiger partial charge on any atom is -0.379 e. The van der Waals surface area contributed by atoms with Crippen molar-refractivity contribution >= 4 is 14.0 Å². The predicted octanol–water partition coefficient (Wildman–Crippen LogP) is 6.17. The van der Waals surface area contributed by atoms with Gasteiger partial charge in [0.1, 0.15) is 0 Å². The van der Waals surface area contributed by atoms with Crippen LogP contribution in [-0.4, -0.2) is 31.0 Å². The Morgan fingerprint density at radius 3 is 1.67 bits per heavy atom. The highest BCUT2D eigenvalue weighted by Gasteiger charge is 2.57. The summed E-state index contributed by atoms with van der Waals surface area (Å²) in [6, 6.07) is 7.74. The number of hydrogen-bond donors (Lipinski definition) is 0. The molecule has 178 valence electrons. The second-order valence-electron chi connectivity index (χ2n) is 13.8. The smallest absolute Gasteiger partial charge is 0.0597 e. The topological polar surface area (TPSA) is 12.5 Å². The van der Waals surface area contributed by atoms with Crippen LogP contribution in [-0.2, 0) is 15.6 Å². The first-order valence-corrected chi connectivity index (χ1v) is 15.3. The molecule has 8 saturated carbocycles. The van der Waals surface area contributed by atoms with Gasteiger partial charge in [-0.2, -0.15) is 0 Å². The van der Waals surface area contributed by atoms with Gasteiger partial charge in [0.2, 0.25) is 0 Å². The molecular weight excluding hydrogens is 421 g/mol. The van der Waals surface area contributed by atoms with E-state index in [1.165, 1.54) is 38.5 Å².